The van der Waals surface area contributed by atoms with Gasteiger partial charge in [0.25, 0.3) is 0 Å². The first-order chi connectivity index (χ1) is 10.8. The van der Waals surface area contributed by atoms with E-state index in [9.17, 15) is 14.4 Å². The third-order valence-electron chi connectivity index (χ3n) is 2.75. The number of benzene rings is 1. The fourth-order valence-electron chi connectivity index (χ4n) is 1.50. The highest BCUT2D eigenvalue weighted by molar-refractivity contribution is 9.10. The number of ketones is 1. The van der Waals surface area contributed by atoms with Crippen LogP contribution in [-0.4, -0.2) is 37.1 Å². The molecule has 1 aromatic carbocycles. The molecule has 0 spiro atoms. The Bertz CT molecular complexity index is 556. The predicted molar refractivity (Wildman–Crippen MR) is 88.2 cm³/mol. The zero-order chi connectivity index (χ0) is 17.4. The molecule has 0 saturated carbocycles. The summed E-state index contributed by atoms with van der Waals surface area (Å²) in [4.78, 5) is 35.1. The molecule has 1 atom stereocenters. The van der Waals surface area contributed by atoms with Gasteiger partial charge in [0.1, 0.15) is 6.04 Å². The van der Waals surface area contributed by atoms with E-state index < -0.39 is 18.1 Å². The molecule has 6 nitrogen and oxygen atoms in total. The Morgan fingerprint density at radius 3 is 2.26 bits per heavy atom. The van der Waals surface area contributed by atoms with Crippen molar-refractivity contribution in [2.75, 3.05) is 13.2 Å². The quantitative estimate of drug-likeness (QED) is 0.576. The van der Waals surface area contributed by atoms with Gasteiger partial charge in [-0.1, -0.05) is 41.9 Å². The number of carbonyl (C=O) groups is 3. The molecule has 23 heavy (non-hydrogen) atoms. The number of carbonyl (C=O) groups excluding carboxylic acids is 3. The number of esters is 1. The monoisotopic (exact) mass is 385 g/mol. The maximum atomic E-state index is 11.9. The van der Waals surface area contributed by atoms with Gasteiger partial charge < -0.3 is 14.8 Å². The Balaban J connectivity index is 2.38. The zero-order valence-electron chi connectivity index (χ0n) is 13.3. The van der Waals surface area contributed by atoms with Gasteiger partial charge in [0.15, 0.2) is 12.4 Å². The Labute approximate surface area is 143 Å². The van der Waals surface area contributed by atoms with Crippen molar-refractivity contribution in [3.8, 4) is 0 Å². The molecule has 0 unspecified atom stereocenters. The maximum absolute atomic E-state index is 11.9. The standard InChI is InChI=1S/C16H20BrNO5/c1-10(2)8-23-16(21)18-11(3)15(20)22-9-14(19)12-4-6-13(17)7-5-12/h4-7,10-11H,8-9H2,1-3H3,(H,18,21)/t11-/m0/s1. The molecule has 0 aliphatic carbocycles. The lowest BCUT2D eigenvalue weighted by Gasteiger charge is -2.14. The number of nitrogens with one attached hydrogen (secondary N) is 1. The molecule has 0 aliphatic rings. The first-order valence-electron chi connectivity index (χ1n) is 7.18. The number of rotatable bonds is 7. The summed E-state index contributed by atoms with van der Waals surface area (Å²) in [5, 5.41) is 2.35. The number of hydrogen-bond donors (Lipinski definition) is 1. The highest BCUT2D eigenvalue weighted by Crippen LogP contribution is 2.11. The summed E-state index contributed by atoms with van der Waals surface area (Å²) in [6.45, 7) is 5.14. The average molecular weight is 386 g/mol. The van der Waals surface area contributed by atoms with E-state index in [1.54, 1.807) is 24.3 Å². The molecule has 0 heterocycles. The van der Waals surface area contributed by atoms with Gasteiger partial charge in [-0.05, 0) is 25.0 Å². The molecule has 126 valence electrons. The van der Waals surface area contributed by atoms with Crippen molar-refractivity contribution in [1.82, 2.24) is 5.32 Å². The van der Waals surface area contributed by atoms with Crippen LogP contribution in [0.1, 0.15) is 31.1 Å². The summed E-state index contributed by atoms with van der Waals surface area (Å²) in [5.41, 5.74) is 0.443. The van der Waals surface area contributed by atoms with Crippen LogP contribution in [0.5, 0.6) is 0 Å². The first kappa shape index (κ1) is 19.2. The van der Waals surface area contributed by atoms with Gasteiger partial charge in [-0.3, -0.25) is 4.79 Å². The summed E-state index contributed by atoms with van der Waals surface area (Å²) in [5.74, 6) is -0.816. The van der Waals surface area contributed by atoms with E-state index in [0.717, 1.165) is 4.47 Å². The Kier molecular flexibility index (Phi) is 7.74. The Morgan fingerprint density at radius 1 is 1.09 bits per heavy atom. The molecule has 1 rings (SSSR count). The molecular formula is C16H20BrNO5. The molecule has 1 aromatic rings. The van der Waals surface area contributed by atoms with E-state index in [0.29, 0.717) is 5.56 Å². The zero-order valence-corrected chi connectivity index (χ0v) is 14.9. The number of ether oxygens (including phenoxy) is 2. The van der Waals surface area contributed by atoms with Crippen molar-refractivity contribution < 1.29 is 23.9 Å². The summed E-state index contributed by atoms with van der Waals surface area (Å²) in [6, 6.07) is 5.82. The maximum Gasteiger partial charge on any atom is 0.407 e. The SMILES string of the molecule is CC(C)COC(=O)N[C@@H](C)C(=O)OCC(=O)c1ccc(Br)cc1. The average Bonchev–Trinajstić information content (AvgIpc) is 2.50. The normalized spacial score (nSPS) is 11.7. The molecule has 0 saturated heterocycles. The fourth-order valence-corrected chi connectivity index (χ4v) is 1.76. The van der Waals surface area contributed by atoms with Gasteiger partial charge in [-0.25, -0.2) is 9.59 Å². The van der Waals surface area contributed by atoms with Gasteiger partial charge in [0.2, 0.25) is 0 Å². The van der Waals surface area contributed by atoms with Gasteiger partial charge >= 0.3 is 12.1 Å². The molecule has 0 aliphatic heterocycles. The molecule has 0 bridgehead atoms. The summed E-state index contributed by atoms with van der Waals surface area (Å²) in [7, 11) is 0. The third kappa shape index (κ3) is 7.27. The van der Waals surface area contributed by atoms with Gasteiger partial charge in [0.05, 0.1) is 6.61 Å². The third-order valence-corrected chi connectivity index (χ3v) is 3.28. The number of amides is 1. The van der Waals surface area contributed by atoms with Crippen molar-refractivity contribution in [1.29, 1.82) is 0 Å². The van der Waals surface area contributed by atoms with Crippen LogP contribution in [0.2, 0.25) is 0 Å². The first-order valence-corrected chi connectivity index (χ1v) is 7.97. The van der Waals surface area contributed by atoms with E-state index in [1.165, 1.54) is 6.92 Å². The lowest BCUT2D eigenvalue weighted by molar-refractivity contribution is -0.144. The van der Waals surface area contributed by atoms with Crippen LogP contribution in [0.25, 0.3) is 0 Å². The number of alkyl carbamates (subject to hydrolysis) is 1. The van der Waals surface area contributed by atoms with Crippen LogP contribution in [0, 0.1) is 5.92 Å². The lowest BCUT2D eigenvalue weighted by atomic mass is 10.1. The Hall–Kier alpha value is -1.89. The minimum atomic E-state index is -0.896. The van der Waals surface area contributed by atoms with Crippen molar-refractivity contribution in [3.63, 3.8) is 0 Å². The van der Waals surface area contributed by atoms with Crippen LogP contribution in [-0.2, 0) is 14.3 Å². The number of Topliss-reactive ketones (excluding diaryl/α,β-unsaturated/α-hetero) is 1. The van der Waals surface area contributed by atoms with E-state index in [1.807, 2.05) is 13.8 Å². The minimum absolute atomic E-state index is 0.200. The number of hydrogen-bond acceptors (Lipinski definition) is 5. The van der Waals surface area contributed by atoms with Crippen LogP contribution in [0.15, 0.2) is 28.7 Å². The lowest BCUT2D eigenvalue weighted by Crippen LogP contribution is -2.40. The highest BCUT2D eigenvalue weighted by Gasteiger charge is 2.19. The second-order valence-electron chi connectivity index (χ2n) is 5.40. The van der Waals surface area contributed by atoms with Crippen LogP contribution in [0.4, 0.5) is 4.79 Å². The van der Waals surface area contributed by atoms with Crippen molar-refractivity contribution in [3.05, 3.63) is 34.3 Å². The summed E-state index contributed by atoms with van der Waals surface area (Å²) in [6.07, 6.45) is -0.692. The minimum Gasteiger partial charge on any atom is -0.456 e. The fraction of sp³-hybridized carbons (Fsp3) is 0.438. The molecule has 1 amide bonds. The molecular weight excluding hydrogens is 366 g/mol. The van der Waals surface area contributed by atoms with Gasteiger partial charge in [-0.15, -0.1) is 0 Å². The van der Waals surface area contributed by atoms with Crippen LogP contribution in [0.3, 0.4) is 0 Å². The van der Waals surface area contributed by atoms with Crippen LogP contribution < -0.4 is 5.32 Å². The molecule has 1 N–H and O–H groups in total. The summed E-state index contributed by atoms with van der Waals surface area (Å²) < 4.78 is 10.7. The second-order valence-corrected chi connectivity index (χ2v) is 6.31. The van der Waals surface area contributed by atoms with Crippen molar-refractivity contribution >= 4 is 33.8 Å². The van der Waals surface area contributed by atoms with E-state index in [2.05, 4.69) is 21.2 Å². The molecule has 7 heteroatoms. The predicted octanol–water partition coefficient (Wildman–Crippen LogP) is 2.95. The van der Waals surface area contributed by atoms with Gasteiger partial charge in [-0.2, -0.15) is 0 Å². The van der Waals surface area contributed by atoms with E-state index in [4.69, 9.17) is 9.47 Å². The number of halogens is 1. The van der Waals surface area contributed by atoms with E-state index >= 15 is 0 Å². The van der Waals surface area contributed by atoms with Crippen molar-refractivity contribution in [2.45, 2.75) is 26.8 Å². The molecule has 0 radical (unpaired) electrons. The Morgan fingerprint density at radius 2 is 1.70 bits per heavy atom. The molecule has 0 aromatic heterocycles. The largest absolute Gasteiger partial charge is 0.456 e. The van der Waals surface area contributed by atoms with Crippen LogP contribution >= 0.6 is 15.9 Å². The van der Waals surface area contributed by atoms with E-state index in [-0.39, 0.29) is 24.9 Å². The van der Waals surface area contributed by atoms with Crippen molar-refractivity contribution in [2.24, 2.45) is 5.92 Å². The topological polar surface area (TPSA) is 81.7 Å². The molecule has 0 fully saturated rings. The highest BCUT2D eigenvalue weighted by atomic mass is 79.9. The van der Waals surface area contributed by atoms with Gasteiger partial charge in [0, 0.05) is 10.0 Å². The summed E-state index contributed by atoms with van der Waals surface area (Å²) >= 11 is 3.27. The second kappa shape index (κ2) is 9.29. The smallest absolute Gasteiger partial charge is 0.407 e.